The Hall–Kier alpha value is -2.59. The van der Waals surface area contributed by atoms with Crippen molar-refractivity contribution in [2.45, 2.75) is 66.9 Å². The van der Waals surface area contributed by atoms with Crippen molar-refractivity contribution in [3.8, 4) is 0 Å². The molecule has 0 aromatic rings. The lowest BCUT2D eigenvalue weighted by Crippen LogP contribution is -2.12. The maximum absolute atomic E-state index is 12.4. The number of hydrogen-bond acceptors (Lipinski definition) is 4. The topological polar surface area (TPSA) is 71.4 Å². The minimum atomic E-state index is -0.696. The van der Waals surface area contributed by atoms with Gasteiger partial charge in [-0.15, -0.1) is 0 Å². The zero-order valence-corrected chi connectivity index (χ0v) is 18.5. The smallest absolute Gasteiger partial charge is 0.162 e. The van der Waals surface area contributed by atoms with Gasteiger partial charge < -0.3 is 5.11 Å². The van der Waals surface area contributed by atoms with E-state index in [0.717, 1.165) is 23.0 Å². The number of carbonyl (C=O) groups excluding carboxylic acids is 3. The number of Topliss-reactive ketones (excluding diaryl/α,β-unsaturated/α-hetero) is 2. The highest BCUT2D eigenvalue weighted by atomic mass is 16.3. The summed E-state index contributed by atoms with van der Waals surface area (Å²) in [5, 5.41) is 9.88. The van der Waals surface area contributed by atoms with Gasteiger partial charge in [0.1, 0.15) is 12.1 Å². The molecule has 0 aromatic heterocycles. The zero-order chi connectivity index (χ0) is 22.4. The summed E-state index contributed by atoms with van der Waals surface area (Å²) in [6.45, 7) is 10.7. The highest BCUT2D eigenvalue weighted by molar-refractivity contribution is 5.96. The standard InChI is InChI=1S/C25H34O4/c1-18(10-7-8-11-19(2)17-26)12-9-13-20(3)25(29)15-22(5)21(4)14-24(28)16-23(6)27/h7-13,17,24,28H,14-16H2,1-6H3/b8-7+,12-9+,18-10+,19-11+,20-13+,22-21+/t24-/m0/s1. The van der Waals surface area contributed by atoms with Gasteiger partial charge in [0.2, 0.25) is 0 Å². The lowest BCUT2D eigenvalue weighted by Gasteiger charge is -2.12. The van der Waals surface area contributed by atoms with Gasteiger partial charge >= 0.3 is 0 Å². The largest absolute Gasteiger partial charge is 0.392 e. The fourth-order valence-electron chi connectivity index (χ4n) is 2.41. The van der Waals surface area contributed by atoms with Crippen LogP contribution < -0.4 is 0 Å². The van der Waals surface area contributed by atoms with E-state index < -0.39 is 6.10 Å². The molecule has 158 valence electrons. The SMILES string of the molecule is CC(=O)C[C@@H](O)C/C(C)=C(\C)CC(=O)/C(C)=C/C=C/C(C)=C/C=C/C=C(\C)C=O. The first-order chi connectivity index (χ1) is 13.6. The second-order valence-electron chi connectivity index (χ2n) is 7.46. The predicted octanol–water partition coefficient (Wildman–Crippen LogP) is 5.16. The third kappa shape index (κ3) is 13.3. The van der Waals surface area contributed by atoms with Crippen LogP contribution in [0, 0.1) is 0 Å². The molecule has 0 saturated carbocycles. The van der Waals surface area contributed by atoms with E-state index in [1.807, 2.05) is 45.1 Å². The number of ketones is 2. The van der Waals surface area contributed by atoms with Crippen LogP contribution in [0.15, 0.2) is 70.4 Å². The molecule has 0 aliphatic heterocycles. The Morgan fingerprint density at radius 3 is 1.93 bits per heavy atom. The average molecular weight is 399 g/mol. The van der Waals surface area contributed by atoms with Crippen molar-refractivity contribution in [3.05, 3.63) is 70.4 Å². The van der Waals surface area contributed by atoms with Gasteiger partial charge in [-0.2, -0.15) is 0 Å². The zero-order valence-electron chi connectivity index (χ0n) is 18.5. The molecule has 4 heteroatoms. The summed E-state index contributed by atoms with van der Waals surface area (Å²) in [7, 11) is 0. The molecule has 0 radical (unpaired) electrons. The van der Waals surface area contributed by atoms with E-state index in [1.54, 1.807) is 32.1 Å². The molecule has 0 aliphatic carbocycles. The van der Waals surface area contributed by atoms with Crippen molar-refractivity contribution >= 4 is 17.9 Å². The molecule has 4 nitrogen and oxygen atoms in total. The number of allylic oxidation sites excluding steroid dienone is 11. The third-order valence-corrected chi connectivity index (χ3v) is 4.38. The normalized spacial score (nSPS) is 15.6. The fraction of sp³-hybridized carbons (Fsp3) is 0.400. The van der Waals surface area contributed by atoms with Crippen LogP contribution in [0.2, 0.25) is 0 Å². The second-order valence-corrected chi connectivity index (χ2v) is 7.46. The molecule has 0 fully saturated rings. The number of aldehydes is 1. The van der Waals surface area contributed by atoms with Gasteiger partial charge in [-0.1, -0.05) is 59.3 Å². The molecule has 29 heavy (non-hydrogen) atoms. The lowest BCUT2D eigenvalue weighted by atomic mass is 9.96. The Morgan fingerprint density at radius 1 is 0.793 bits per heavy atom. The first-order valence-corrected chi connectivity index (χ1v) is 9.74. The molecule has 0 saturated heterocycles. The highest BCUT2D eigenvalue weighted by Crippen LogP contribution is 2.17. The van der Waals surface area contributed by atoms with Gasteiger partial charge in [-0.05, 0) is 59.1 Å². The molecule has 0 spiro atoms. The minimum absolute atomic E-state index is 0.0311. The van der Waals surface area contributed by atoms with E-state index in [9.17, 15) is 19.5 Å². The first kappa shape index (κ1) is 26.4. The van der Waals surface area contributed by atoms with Crippen molar-refractivity contribution in [3.63, 3.8) is 0 Å². The van der Waals surface area contributed by atoms with Crippen molar-refractivity contribution in [1.29, 1.82) is 0 Å². The third-order valence-electron chi connectivity index (χ3n) is 4.38. The minimum Gasteiger partial charge on any atom is -0.392 e. The quantitative estimate of drug-likeness (QED) is 0.213. The molecule has 0 bridgehead atoms. The van der Waals surface area contributed by atoms with E-state index in [0.29, 0.717) is 24.0 Å². The van der Waals surface area contributed by atoms with Crippen LogP contribution in [-0.2, 0) is 14.4 Å². The van der Waals surface area contributed by atoms with Crippen molar-refractivity contribution in [2.75, 3.05) is 0 Å². The maximum Gasteiger partial charge on any atom is 0.162 e. The molecule has 0 aromatic carbocycles. The molecular weight excluding hydrogens is 364 g/mol. The van der Waals surface area contributed by atoms with Gasteiger partial charge in [0.25, 0.3) is 0 Å². The Morgan fingerprint density at radius 2 is 1.38 bits per heavy atom. The van der Waals surface area contributed by atoms with Crippen molar-refractivity contribution in [1.82, 2.24) is 0 Å². The molecule has 0 heterocycles. The molecule has 0 unspecified atom stereocenters. The molecule has 1 atom stereocenters. The van der Waals surface area contributed by atoms with Gasteiger partial charge in [0, 0.05) is 12.8 Å². The molecule has 1 N–H and O–H groups in total. The summed E-state index contributed by atoms with van der Waals surface area (Å²) < 4.78 is 0. The Labute approximate surface area is 175 Å². The van der Waals surface area contributed by atoms with Crippen LogP contribution in [0.3, 0.4) is 0 Å². The van der Waals surface area contributed by atoms with Crippen molar-refractivity contribution < 1.29 is 19.5 Å². The maximum atomic E-state index is 12.4. The number of hydrogen-bond donors (Lipinski definition) is 1. The van der Waals surface area contributed by atoms with Crippen LogP contribution in [-0.4, -0.2) is 29.1 Å². The molecule has 0 amide bonds. The molecular formula is C25H34O4. The van der Waals surface area contributed by atoms with Gasteiger partial charge in [-0.3, -0.25) is 14.4 Å². The van der Waals surface area contributed by atoms with Gasteiger partial charge in [-0.25, -0.2) is 0 Å². The number of aliphatic hydroxyl groups is 1. The average Bonchev–Trinajstić information content (AvgIpc) is 2.63. The number of aliphatic hydroxyl groups excluding tert-OH is 1. The lowest BCUT2D eigenvalue weighted by molar-refractivity contribution is -0.119. The number of carbonyl (C=O) groups is 3. The first-order valence-electron chi connectivity index (χ1n) is 9.74. The second kappa shape index (κ2) is 14.4. The Kier molecular flexibility index (Phi) is 13.1. The summed E-state index contributed by atoms with van der Waals surface area (Å²) in [5.74, 6) is -0.0134. The predicted molar refractivity (Wildman–Crippen MR) is 120 cm³/mol. The van der Waals surface area contributed by atoms with Crippen LogP contribution in [0.1, 0.15) is 60.8 Å². The Bertz CT molecular complexity index is 771. The molecule has 0 aliphatic rings. The van der Waals surface area contributed by atoms with Crippen molar-refractivity contribution in [2.24, 2.45) is 0 Å². The van der Waals surface area contributed by atoms with E-state index in [2.05, 4.69) is 0 Å². The summed E-state index contributed by atoms with van der Waals surface area (Å²) in [5.41, 5.74) is 4.20. The summed E-state index contributed by atoms with van der Waals surface area (Å²) >= 11 is 0. The summed E-state index contributed by atoms with van der Waals surface area (Å²) in [6, 6.07) is 0. The van der Waals surface area contributed by atoms with Crippen LogP contribution in [0.25, 0.3) is 0 Å². The van der Waals surface area contributed by atoms with Gasteiger partial charge in [0.15, 0.2) is 5.78 Å². The van der Waals surface area contributed by atoms with Crippen LogP contribution in [0.4, 0.5) is 0 Å². The van der Waals surface area contributed by atoms with E-state index in [-0.39, 0.29) is 18.0 Å². The number of rotatable bonds is 12. The monoisotopic (exact) mass is 398 g/mol. The molecule has 0 rings (SSSR count). The highest BCUT2D eigenvalue weighted by Gasteiger charge is 2.12. The van der Waals surface area contributed by atoms with Gasteiger partial charge in [0.05, 0.1) is 6.10 Å². The van der Waals surface area contributed by atoms with E-state index in [1.165, 1.54) is 6.92 Å². The Balaban J connectivity index is 4.83. The van der Waals surface area contributed by atoms with Crippen LogP contribution in [0.5, 0.6) is 0 Å². The summed E-state index contributed by atoms with van der Waals surface area (Å²) in [6.07, 6.45) is 13.8. The fourth-order valence-corrected chi connectivity index (χ4v) is 2.41. The van der Waals surface area contributed by atoms with E-state index >= 15 is 0 Å². The van der Waals surface area contributed by atoms with E-state index in [4.69, 9.17) is 0 Å². The summed E-state index contributed by atoms with van der Waals surface area (Å²) in [4.78, 5) is 33.9. The van der Waals surface area contributed by atoms with Crippen LogP contribution >= 0.6 is 0 Å².